The van der Waals surface area contributed by atoms with Crippen molar-refractivity contribution in [3.05, 3.63) is 17.0 Å². The summed E-state index contributed by atoms with van der Waals surface area (Å²) < 4.78 is 1.67. The van der Waals surface area contributed by atoms with Crippen LogP contribution < -0.4 is 11.1 Å². The van der Waals surface area contributed by atoms with Crippen LogP contribution in [0.1, 0.15) is 30.8 Å². The van der Waals surface area contributed by atoms with E-state index in [-0.39, 0.29) is 12.5 Å². The van der Waals surface area contributed by atoms with Gasteiger partial charge in [-0.2, -0.15) is 5.10 Å². The third-order valence-corrected chi connectivity index (χ3v) is 2.69. The van der Waals surface area contributed by atoms with Gasteiger partial charge in [-0.25, -0.2) is 0 Å². The van der Waals surface area contributed by atoms with E-state index in [2.05, 4.69) is 24.3 Å². The first kappa shape index (κ1) is 13.7. The summed E-state index contributed by atoms with van der Waals surface area (Å²) in [4.78, 5) is 10.9. The van der Waals surface area contributed by atoms with Crippen molar-refractivity contribution in [3.63, 3.8) is 0 Å². The standard InChI is InChI=1S/C12H22N4O/c1-8(2)5-14-6-11-9(3)15-16(10(11)4)7-12(13)17/h8,14H,5-7H2,1-4H3,(H2,13,17). The van der Waals surface area contributed by atoms with Gasteiger partial charge in [0, 0.05) is 17.8 Å². The maximum Gasteiger partial charge on any atom is 0.239 e. The summed E-state index contributed by atoms with van der Waals surface area (Å²) in [6, 6.07) is 0. The molecule has 1 aromatic heterocycles. The summed E-state index contributed by atoms with van der Waals surface area (Å²) in [6.07, 6.45) is 0. The summed E-state index contributed by atoms with van der Waals surface area (Å²) >= 11 is 0. The quantitative estimate of drug-likeness (QED) is 0.767. The van der Waals surface area contributed by atoms with Crippen LogP contribution in [0, 0.1) is 19.8 Å². The predicted molar refractivity (Wildman–Crippen MR) is 67.4 cm³/mol. The van der Waals surface area contributed by atoms with Crippen molar-refractivity contribution in [3.8, 4) is 0 Å². The molecule has 0 fully saturated rings. The highest BCUT2D eigenvalue weighted by atomic mass is 16.1. The highest BCUT2D eigenvalue weighted by Crippen LogP contribution is 2.12. The van der Waals surface area contributed by atoms with E-state index in [9.17, 15) is 4.79 Å². The Labute approximate surface area is 102 Å². The summed E-state index contributed by atoms with van der Waals surface area (Å²) in [7, 11) is 0. The molecule has 0 aliphatic heterocycles. The van der Waals surface area contributed by atoms with E-state index in [0.717, 1.165) is 30.0 Å². The van der Waals surface area contributed by atoms with Crippen molar-refractivity contribution >= 4 is 5.91 Å². The van der Waals surface area contributed by atoms with E-state index in [4.69, 9.17) is 5.73 Å². The first-order chi connectivity index (χ1) is 7.91. The van der Waals surface area contributed by atoms with Gasteiger partial charge in [-0.15, -0.1) is 0 Å². The Morgan fingerprint density at radius 2 is 2.12 bits per heavy atom. The van der Waals surface area contributed by atoms with Gasteiger partial charge in [0.2, 0.25) is 5.91 Å². The third-order valence-electron chi connectivity index (χ3n) is 2.69. The van der Waals surface area contributed by atoms with Gasteiger partial charge in [0.05, 0.1) is 5.69 Å². The fraction of sp³-hybridized carbons (Fsp3) is 0.667. The number of primary amides is 1. The highest BCUT2D eigenvalue weighted by Gasteiger charge is 2.12. The SMILES string of the molecule is Cc1nn(CC(N)=O)c(C)c1CNCC(C)C. The van der Waals surface area contributed by atoms with Crippen LogP contribution >= 0.6 is 0 Å². The number of nitrogens with zero attached hydrogens (tertiary/aromatic N) is 2. The van der Waals surface area contributed by atoms with Crippen LogP contribution in [0.5, 0.6) is 0 Å². The van der Waals surface area contributed by atoms with E-state index in [1.165, 1.54) is 0 Å². The smallest absolute Gasteiger partial charge is 0.239 e. The molecule has 96 valence electrons. The number of hydrogen-bond acceptors (Lipinski definition) is 3. The van der Waals surface area contributed by atoms with Gasteiger partial charge in [-0.05, 0) is 26.3 Å². The molecule has 1 aromatic rings. The molecule has 1 heterocycles. The first-order valence-corrected chi connectivity index (χ1v) is 5.93. The van der Waals surface area contributed by atoms with Crippen LogP contribution in [-0.2, 0) is 17.9 Å². The molecule has 0 aliphatic rings. The average molecular weight is 238 g/mol. The Hall–Kier alpha value is -1.36. The molecule has 17 heavy (non-hydrogen) atoms. The molecule has 0 saturated heterocycles. The maximum absolute atomic E-state index is 10.9. The Bertz CT molecular complexity index is 395. The molecule has 0 spiro atoms. The normalized spacial score (nSPS) is 11.1. The lowest BCUT2D eigenvalue weighted by Gasteiger charge is -2.08. The number of amides is 1. The maximum atomic E-state index is 10.9. The number of aryl methyl sites for hydroxylation is 1. The van der Waals surface area contributed by atoms with Crippen molar-refractivity contribution in [1.29, 1.82) is 0 Å². The molecule has 5 heteroatoms. The second-order valence-corrected chi connectivity index (χ2v) is 4.80. The fourth-order valence-electron chi connectivity index (χ4n) is 1.78. The minimum absolute atomic E-state index is 0.150. The van der Waals surface area contributed by atoms with E-state index in [0.29, 0.717) is 5.92 Å². The molecule has 0 unspecified atom stereocenters. The van der Waals surface area contributed by atoms with E-state index in [1.807, 2.05) is 13.8 Å². The Kier molecular flexibility index (Phi) is 4.69. The summed E-state index contributed by atoms with van der Waals surface area (Å²) in [6.45, 7) is 10.2. The first-order valence-electron chi connectivity index (χ1n) is 5.93. The van der Waals surface area contributed by atoms with Crippen LogP contribution in [0.3, 0.4) is 0 Å². The predicted octanol–water partition coefficient (Wildman–Crippen LogP) is 0.731. The molecule has 0 saturated carbocycles. The molecular weight excluding hydrogens is 216 g/mol. The van der Waals surface area contributed by atoms with Crippen molar-refractivity contribution in [2.75, 3.05) is 6.54 Å². The summed E-state index contributed by atoms with van der Waals surface area (Å²) in [5.74, 6) is 0.258. The van der Waals surface area contributed by atoms with Gasteiger partial charge >= 0.3 is 0 Å². The van der Waals surface area contributed by atoms with E-state index < -0.39 is 0 Å². The number of nitrogens with two attached hydrogens (primary N) is 1. The van der Waals surface area contributed by atoms with Gasteiger partial charge in [0.1, 0.15) is 6.54 Å². The Balaban J connectivity index is 2.71. The number of aromatic nitrogens is 2. The van der Waals surface area contributed by atoms with E-state index >= 15 is 0 Å². The Morgan fingerprint density at radius 3 is 2.65 bits per heavy atom. The molecule has 0 bridgehead atoms. The topological polar surface area (TPSA) is 72.9 Å². The second-order valence-electron chi connectivity index (χ2n) is 4.80. The lowest BCUT2D eigenvalue weighted by molar-refractivity contribution is -0.118. The summed E-state index contributed by atoms with van der Waals surface area (Å²) in [5.41, 5.74) is 8.31. The van der Waals surface area contributed by atoms with Gasteiger partial charge in [-0.3, -0.25) is 9.48 Å². The highest BCUT2D eigenvalue weighted by molar-refractivity contribution is 5.73. The molecule has 1 amide bonds. The lowest BCUT2D eigenvalue weighted by Crippen LogP contribution is -2.21. The number of hydrogen-bond donors (Lipinski definition) is 2. The molecule has 0 aromatic carbocycles. The number of carbonyl (C=O) groups excluding carboxylic acids is 1. The zero-order valence-electron chi connectivity index (χ0n) is 11.1. The average Bonchev–Trinajstić information content (AvgIpc) is 2.44. The zero-order chi connectivity index (χ0) is 13.0. The molecule has 3 N–H and O–H groups in total. The summed E-state index contributed by atoms with van der Waals surface area (Å²) in [5, 5.41) is 7.70. The monoisotopic (exact) mass is 238 g/mol. The van der Waals surface area contributed by atoms with Crippen LogP contribution in [0.4, 0.5) is 0 Å². The molecular formula is C12H22N4O. The van der Waals surface area contributed by atoms with Gasteiger partial charge < -0.3 is 11.1 Å². The van der Waals surface area contributed by atoms with Crippen LogP contribution in [-0.4, -0.2) is 22.2 Å². The molecule has 1 rings (SSSR count). The molecule has 0 atom stereocenters. The van der Waals surface area contributed by atoms with Crippen molar-refractivity contribution in [2.24, 2.45) is 11.7 Å². The van der Waals surface area contributed by atoms with Gasteiger partial charge in [-0.1, -0.05) is 13.8 Å². The minimum atomic E-state index is -0.364. The number of rotatable bonds is 6. The van der Waals surface area contributed by atoms with E-state index in [1.54, 1.807) is 4.68 Å². The van der Waals surface area contributed by atoms with Crippen LogP contribution in [0.2, 0.25) is 0 Å². The minimum Gasteiger partial charge on any atom is -0.368 e. The fourth-order valence-corrected chi connectivity index (χ4v) is 1.78. The molecule has 0 radical (unpaired) electrons. The zero-order valence-corrected chi connectivity index (χ0v) is 11.1. The van der Waals surface area contributed by atoms with Crippen molar-refractivity contribution in [1.82, 2.24) is 15.1 Å². The van der Waals surface area contributed by atoms with Crippen molar-refractivity contribution in [2.45, 2.75) is 40.8 Å². The molecule has 0 aliphatic carbocycles. The number of carbonyl (C=O) groups is 1. The van der Waals surface area contributed by atoms with Crippen LogP contribution in [0.15, 0.2) is 0 Å². The lowest BCUT2D eigenvalue weighted by atomic mass is 10.2. The molecule has 5 nitrogen and oxygen atoms in total. The third kappa shape index (κ3) is 3.85. The van der Waals surface area contributed by atoms with Gasteiger partial charge in [0.15, 0.2) is 0 Å². The largest absolute Gasteiger partial charge is 0.368 e. The van der Waals surface area contributed by atoms with Crippen LogP contribution in [0.25, 0.3) is 0 Å². The van der Waals surface area contributed by atoms with Gasteiger partial charge in [0.25, 0.3) is 0 Å². The second kappa shape index (κ2) is 5.82. The van der Waals surface area contributed by atoms with Crippen molar-refractivity contribution < 1.29 is 4.79 Å². The Morgan fingerprint density at radius 1 is 1.47 bits per heavy atom. The number of nitrogens with one attached hydrogen (secondary N) is 1.